The van der Waals surface area contributed by atoms with Crippen molar-refractivity contribution in [1.82, 2.24) is 4.90 Å². The number of carboxylic acid groups (broad SMARTS) is 1. The molecule has 0 heterocycles. The predicted molar refractivity (Wildman–Crippen MR) is 76.8 cm³/mol. The molecule has 1 aliphatic rings. The van der Waals surface area contributed by atoms with E-state index < -0.39 is 5.97 Å². The van der Waals surface area contributed by atoms with Crippen molar-refractivity contribution in [3.63, 3.8) is 0 Å². The predicted octanol–water partition coefficient (Wildman–Crippen LogP) is 2.08. The topological polar surface area (TPSA) is 84.6 Å². The Labute approximate surface area is 123 Å². The summed E-state index contributed by atoms with van der Waals surface area (Å²) in [7, 11) is 0. The molecule has 0 saturated heterocycles. The fraction of sp³-hybridized carbons (Fsp3) is 0.400. The molecule has 2 amide bonds. The monoisotopic (exact) mass is 287 g/mol. The lowest BCUT2D eigenvalue weighted by Gasteiger charge is -2.29. The summed E-state index contributed by atoms with van der Waals surface area (Å²) in [6, 6.07) is 10.7. The van der Waals surface area contributed by atoms with Crippen LogP contribution in [0.3, 0.4) is 0 Å². The molecule has 21 heavy (non-hydrogen) atoms. The van der Waals surface area contributed by atoms with Crippen molar-refractivity contribution in [3.8, 4) is 6.07 Å². The Morgan fingerprint density at radius 3 is 2.48 bits per heavy atom. The number of para-hydroxylation sites is 1. The third-order valence-electron chi connectivity index (χ3n) is 3.28. The quantitative estimate of drug-likeness (QED) is 0.868. The van der Waals surface area contributed by atoms with E-state index in [0.29, 0.717) is 5.69 Å². The van der Waals surface area contributed by atoms with Crippen molar-refractivity contribution in [3.05, 3.63) is 30.3 Å². The molecule has 0 aromatic heterocycles. The van der Waals surface area contributed by atoms with Crippen LogP contribution < -0.4 is 4.90 Å². The van der Waals surface area contributed by atoms with E-state index in [1.165, 1.54) is 9.80 Å². The van der Waals surface area contributed by atoms with Crippen molar-refractivity contribution in [2.75, 3.05) is 18.0 Å². The number of urea groups is 1. The Bertz CT molecular complexity index is 549. The van der Waals surface area contributed by atoms with Gasteiger partial charge in [0.05, 0.1) is 12.5 Å². The number of carboxylic acids is 1. The van der Waals surface area contributed by atoms with E-state index in [1.807, 2.05) is 12.1 Å². The van der Waals surface area contributed by atoms with Gasteiger partial charge in [-0.05, 0) is 25.0 Å². The minimum absolute atomic E-state index is 0.00176. The number of nitriles is 1. The van der Waals surface area contributed by atoms with Crippen LogP contribution in [0.2, 0.25) is 0 Å². The number of hydrogen-bond acceptors (Lipinski definition) is 3. The second-order valence-electron chi connectivity index (χ2n) is 4.93. The van der Waals surface area contributed by atoms with Crippen LogP contribution in [0.5, 0.6) is 0 Å². The van der Waals surface area contributed by atoms with Crippen LogP contribution in [0, 0.1) is 11.3 Å². The van der Waals surface area contributed by atoms with Gasteiger partial charge in [-0.2, -0.15) is 5.26 Å². The van der Waals surface area contributed by atoms with E-state index in [-0.39, 0.29) is 31.6 Å². The van der Waals surface area contributed by atoms with Gasteiger partial charge in [0.15, 0.2) is 0 Å². The summed E-state index contributed by atoms with van der Waals surface area (Å²) in [5.41, 5.74) is 0.675. The van der Waals surface area contributed by atoms with Gasteiger partial charge in [-0.15, -0.1) is 0 Å². The van der Waals surface area contributed by atoms with Crippen LogP contribution in [0.15, 0.2) is 30.3 Å². The zero-order valence-corrected chi connectivity index (χ0v) is 11.6. The zero-order chi connectivity index (χ0) is 15.2. The molecule has 0 unspecified atom stereocenters. The number of nitrogens with zero attached hydrogens (tertiary/aromatic N) is 3. The van der Waals surface area contributed by atoms with Crippen LogP contribution in [-0.4, -0.2) is 41.1 Å². The number of anilines is 1. The number of carbonyl (C=O) groups excluding carboxylic acids is 1. The first kappa shape index (κ1) is 14.9. The SMILES string of the molecule is N#CCCN(C(=O)N(CC(=O)O)C1CC1)c1ccccc1. The number of rotatable bonds is 6. The first-order valence-electron chi connectivity index (χ1n) is 6.85. The maximum absolute atomic E-state index is 12.6. The summed E-state index contributed by atoms with van der Waals surface area (Å²) >= 11 is 0. The molecule has 1 N–H and O–H groups in total. The Balaban J connectivity index is 2.20. The van der Waals surface area contributed by atoms with Gasteiger partial charge in [-0.25, -0.2) is 4.79 Å². The molecule has 1 aromatic carbocycles. The van der Waals surface area contributed by atoms with Crippen LogP contribution in [0.25, 0.3) is 0 Å². The molecular formula is C15H17N3O3. The number of benzene rings is 1. The second kappa shape index (κ2) is 6.75. The van der Waals surface area contributed by atoms with E-state index >= 15 is 0 Å². The molecule has 1 aliphatic carbocycles. The Morgan fingerprint density at radius 1 is 1.29 bits per heavy atom. The molecule has 6 heteroatoms. The summed E-state index contributed by atoms with van der Waals surface area (Å²) in [6.07, 6.45) is 1.87. The maximum atomic E-state index is 12.6. The zero-order valence-electron chi connectivity index (χ0n) is 11.6. The molecular weight excluding hydrogens is 270 g/mol. The van der Waals surface area contributed by atoms with Gasteiger partial charge in [0.1, 0.15) is 6.54 Å². The number of amides is 2. The Kier molecular flexibility index (Phi) is 4.77. The number of aliphatic carboxylic acids is 1. The lowest BCUT2D eigenvalue weighted by atomic mass is 10.2. The highest BCUT2D eigenvalue weighted by molar-refractivity contribution is 5.94. The number of carbonyl (C=O) groups is 2. The molecule has 0 spiro atoms. The van der Waals surface area contributed by atoms with E-state index in [9.17, 15) is 9.59 Å². The normalized spacial score (nSPS) is 13.3. The second-order valence-corrected chi connectivity index (χ2v) is 4.93. The average Bonchev–Trinajstić information content (AvgIpc) is 3.30. The number of hydrogen-bond donors (Lipinski definition) is 1. The highest BCUT2D eigenvalue weighted by atomic mass is 16.4. The van der Waals surface area contributed by atoms with Crippen molar-refractivity contribution in [2.24, 2.45) is 0 Å². The lowest BCUT2D eigenvalue weighted by molar-refractivity contribution is -0.137. The van der Waals surface area contributed by atoms with E-state index in [2.05, 4.69) is 0 Å². The molecule has 0 aliphatic heterocycles. The van der Waals surface area contributed by atoms with Crippen molar-refractivity contribution in [1.29, 1.82) is 5.26 Å². The third-order valence-corrected chi connectivity index (χ3v) is 3.28. The van der Waals surface area contributed by atoms with Gasteiger partial charge in [0.2, 0.25) is 0 Å². The van der Waals surface area contributed by atoms with E-state index in [1.54, 1.807) is 24.3 Å². The van der Waals surface area contributed by atoms with Crippen molar-refractivity contribution in [2.45, 2.75) is 25.3 Å². The Morgan fingerprint density at radius 2 is 1.95 bits per heavy atom. The molecule has 1 aromatic rings. The lowest BCUT2D eigenvalue weighted by Crippen LogP contribution is -2.47. The molecule has 1 fully saturated rings. The molecule has 6 nitrogen and oxygen atoms in total. The minimum atomic E-state index is -1.02. The summed E-state index contributed by atoms with van der Waals surface area (Å²) in [4.78, 5) is 26.5. The molecule has 1 saturated carbocycles. The fourth-order valence-corrected chi connectivity index (χ4v) is 2.14. The van der Waals surface area contributed by atoms with Gasteiger partial charge in [-0.1, -0.05) is 18.2 Å². The minimum Gasteiger partial charge on any atom is -0.480 e. The molecule has 0 bridgehead atoms. The molecule has 0 radical (unpaired) electrons. The highest BCUT2D eigenvalue weighted by Gasteiger charge is 2.36. The summed E-state index contributed by atoms with van der Waals surface area (Å²) in [5, 5.41) is 17.7. The van der Waals surface area contributed by atoms with Gasteiger partial charge < -0.3 is 10.0 Å². The van der Waals surface area contributed by atoms with Crippen LogP contribution in [0.1, 0.15) is 19.3 Å². The molecule has 0 atom stereocenters. The van der Waals surface area contributed by atoms with Crippen molar-refractivity contribution < 1.29 is 14.7 Å². The van der Waals surface area contributed by atoms with E-state index in [4.69, 9.17) is 10.4 Å². The fourth-order valence-electron chi connectivity index (χ4n) is 2.14. The van der Waals surface area contributed by atoms with Gasteiger partial charge in [0.25, 0.3) is 0 Å². The maximum Gasteiger partial charge on any atom is 0.325 e. The largest absolute Gasteiger partial charge is 0.480 e. The van der Waals surface area contributed by atoms with Crippen LogP contribution in [0.4, 0.5) is 10.5 Å². The first-order valence-corrected chi connectivity index (χ1v) is 6.85. The highest BCUT2D eigenvalue weighted by Crippen LogP contribution is 2.28. The Hall–Kier alpha value is -2.55. The summed E-state index contributed by atoms with van der Waals surface area (Å²) in [6.45, 7) is -0.0540. The smallest absolute Gasteiger partial charge is 0.325 e. The average molecular weight is 287 g/mol. The standard InChI is InChI=1S/C15H17N3O3/c16-9-4-10-17(12-5-2-1-3-6-12)15(21)18(11-14(19)20)13-7-8-13/h1-3,5-6,13H,4,7-8,10-11H2,(H,19,20). The summed E-state index contributed by atoms with van der Waals surface area (Å²) < 4.78 is 0. The molecule has 110 valence electrons. The van der Waals surface area contributed by atoms with Gasteiger partial charge in [0, 0.05) is 18.3 Å². The first-order chi connectivity index (χ1) is 10.1. The van der Waals surface area contributed by atoms with Crippen LogP contribution >= 0.6 is 0 Å². The third kappa shape index (κ3) is 3.96. The van der Waals surface area contributed by atoms with E-state index in [0.717, 1.165) is 12.8 Å². The summed E-state index contributed by atoms with van der Waals surface area (Å²) in [5.74, 6) is -1.02. The van der Waals surface area contributed by atoms with Crippen molar-refractivity contribution >= 4 is 17.7 Å². The van der Waals surface area contributed by atoms with Gasteiger partial charge in [-0.3, -0.25) is 9.69 Å². The van der Waals surface area contributed by atoms with Crippen LogP contribution in [-0.2, 0) is 4.79 Å². The van der Waals surface area contributed by atoms with Gasteiger partial charge >= 0.3 is 12.0 Å². The molecule has 2 rings (SSSR count).